The zero-order valence-corrected chi connectivity index (χ0v) is 18.2. The molecule has 0 spiro atoms. The van der Waals surface area contributed by atoms with Crippen molar-refractivity contribution in [1.82, 2.24) is 4.90 Å². The number of aromatic carboxylic acids is 1. The first kappa shape index (κ1) is 23.7. The number of amides is 1. The Hall–Kier alpha value is -2.43. The van der Waals surface area contributed by atoms with Crippen LogP contribution in [-0.2, 0) is 4.79 Å². The summed E-state index contributed by atoms with van der Waals surface area (Å²) >= 11 is 0. The Morgan fingerprint density at radius 3 is 2.24 bits per heavy atom. The molecule has 0 radical (unpaired) electrons. The molecular formula is C26H35N3O4. The van der Waals surface area contributed by atoms with Crippen LogP contribution < -0.4 is 5.73 Å². The second kappa shape index (κ2) is 8.41. The average molecular weight is 454 g/mol. The Bertz CT molecular complexity index is 944. The summed E-state index contributed by atoms with van der Waals surface area (Å²) < 4.78 is 0. The van der Waals surface area contributed by atoms with E-state index in [1.165, 1.54) is 6.42 Å². The number of benzene rings is 1. The van der Waals surface area contributed by atoms with Crippen LogP contribution in [0.4, 0.5) is 0 Å². The molecular weight excluding hydrogens is 418 g/mol. The van der Waals surface area contributed by atoms with E-state index in [-0.39, 0.29) is 31.0 Å². The van der Waals surface area contributed by atoms with Crippen molar-refractivity contribution in [3.8, 4) is 0 Å². The Kier molecular flexibility index (Phi) is 6.05. The third kappa shape index (κ3) is 4.15. The maximum atomic E-state index is 13.1. The first-order valence-corrected chi connectivity index (χ1v) is 11.7. The molecule has 33 heavy (non-hydrogen) atoms. The summed E-state index contributed by atoms with van der Waals surface area (Å²) in [6.07, 6.45) is 7.23. The molecule has 1 heterocycles. The van der Waals surface area contributed by atoms with Crippen molar-refractivity contribution in [3.05, 3.63) is 47.3 Å². The van der Waals surface area contributed by atoms with Crippen LogP contribution in [0.25, 0.3) is 4.85 Å². The fourth-order valence-corrected chi connectivity index (χ4v) is 7.51. The van der Waals surface area contributed by atoms with Gasteiger partial charge in [-0.1, -0.05) is 25.6 Å². The molecule has 4 N–H and O–H groups in total. The molecule has 1 aromatic rings. The van der Waals surface area contributed by atoms with E-state index in [9.17, 15) is 14.7 Å². The van der Waals surface area contributed by atoms with Gasteiger partial charge in [0.05, 0.1) is 17.2 Å². The topological polar surface area (TPSA) is 108 Å². The van der Waals surface area contributed by atoms with Crippen molar-refractivity contribution in [2.45, 2.75) is 82.6 Å². The van der Waals surface area contributed by atoms with Gasteiger partial charge >= 0.3 is 12.1 Å². The highest BCUT2D eigenvalue weighted by Gasteiger charge is 2.63. The van der Waals surface area contributed by atoms with Gasteiger partial charge in [0.2, 0.25) is 5.91 Å². The lowest BCUT2D eigenvalue weighted by Gasteiger charge is -2.61. The van der Waals surface area contributed by atoms with Crippen molar-refractivity contribution in [2.24, 2.45) is 28.9 Å². The molecule has 4 bridgehead atoms. The predicted octanol–water partition coefficient (Wildman–Crippen LogP) is 3.53. The number of carbonyl (C=O) groups is 2. The second-order valence-electron chi connectivity index (χ2n) is 10.9. The summed E-state index contributed by atoms with van der Waals surface area (Å²) in [4.78, 5) is 28.8. The maximum absolute atomic E-state index is 13.1. The molecule has 2 unspecified atom stereocenters. The van der Waals surface area contributed by atoms with Crippen molar-refractivity contribution in [3.63, 3.8) is 0 Å². The molecule has 6 aliphatic rings. The number of aliphatic hydroxyl groups is 1. The number of nitrogens with two attached hydrogens (primary N) is 1. The summed E-state index contributed by atoms with van der Waals surface area (Å²) in [6.45, 7) is 7.38. The van der Waals surface area contributed by atoms with Gasteiger partial charge in [0.15, 0.2) is 0 Å². The van der Waals surface area contributed by atoms with E-state index in [0.29, 0.717) is 29.7 Å². The van der Waals surface area contributed by atoms with Gasteiger partial charge in [-0.15, -0.1) is 0 Å². The van der Waals surface area contributed by atoms with Gasteiger partial charge in [0.25, 0.3) is 0 Å². The predicted molar refractivity (Wildman–Crippen MR) is 124 cm³/mol. The van der Waals surface area contributed by atoms with Crippen LogP contribution in [0.1, 0.15) is 69.2 Å². The fourth-order valence-electron chi connectivity index (χ4n) is 7.51. The van der Waals surface area contributed by atoms with E-state index in [0.717, 1.165) is 38.5 Å². The minimum Gasteiger partial charge on any atom is -0.478 e. The smallest absolute Gasteiger partial charge is 0.335 e. The van der Waals surface area contributed by atoms with E-state index >= 15 is 0 Å². The number of carboxylic acid groups (broad SMARTS) is 1. The monoisotopic (exact) mass is 453 g/mol. The number of carboxylic acids is 1. The van der Waals surface area contributed by atoms with Crippen molar-refractivity contribution < 1.29 is 19.8 Å². The molecule has 1 aliphatic heterocycles. The zero-order chi connectivity index (χ0) is 22.7. The molecule has 0 aromatic heterocycles. The number of nitrogens with zero attached hydrogens (tertiary/aromatic N) is 2. The van der Waals surface area contributed by atoms with Crippen LogP contribution >= 0.6 is 0 Å². The van der Waals surface area contributed by atoms with E-state index < -0.39 is 17.6 Å². The van der Waals surface area contributed by atoms with E-state index in [1.807, 2.05) is 4.90 Å². The second-order valence-corrected chi connectivity index (χ2v) is 10.9. The Labute approximate surface area is 195 Å². The Balaban J connectivity index is 0.000000221. The minimum absolute atomic E-state index is 0. The van der Waals surface area contributed by atoms with Gasteiger partial charge < -0.3 is 15.9 Å². The van der Waals surface area contributed by atoms with E-state index in [2.05, 4.69) is 4.85 Å². The van der Waals surface area contributed by atoms with E-state index in [1.54, 1.807) is 30.3 Å². The summed E-state index contributed by atoms with van der Waals surface area (Å²) in [5.74, 6) is 0.705. The number of hydrogen-bond acceptors (Lipinski definition) is 4. The van der Waals surface area contributed by atoms with Crippen molar-refractivity contribution >= 4 is 11.9 Å². The van der Waals surface area contributed by atoms with Gasteiger partial charge in [-0.05, 0) is 80.2 Å². The van der Waals surface area contributed by atoms with Gasteiger partial charge in [-0.25, -0.2) is 11.4 Å². The molecule has 5 saturated carbocycles. The third-order valence-electron chi connectivity index (χ3n) is 8.50. The van der Waals surface area contributed by atoms with Gasteiger partial charge in [-0.3, -0.25) is 14.5 Å². The van der Waals surface area contributed by atoms with Crippen LogP contribution in [0, 0.1) is 29.7 Å². The van der Waals surface area contributed by atoms with Gasteiger partial charge in [0, 0.05) is 12.5 Å². The van der Waals surface area contributed by atoms with Crippen LogP contribution in [0.15, 0.2) is 30.3 Å². The van der Waals surface area contributed by atoms with Crippen LogP contribution in [0.3, 0.4) is 0 Å². The number of piperidine rings is 1. The summed E-state index contributed by atoms with van der Waals surface area (Å²) in [7, 11) is 0. The van der Waals surface area contributed by atoms with Crippen molar-refractivity contribution in [2.75, 3.05) is 0 Å². The molecule has 7 rings (SSSR count). The molecule has 6 fully saturated rings. The zero-order valence-electron chi connectivity index (χ0n) is 18.2. The van der Waals surface area contributed by atoms with Crippen LogP contribution in [0.5, 0.6) is 0 Å². The highest BCUT2D eigenvalue weighted by atomic mass is 16.4. The largest absolute Gasteiger partial charge is 0.478 e. The number of hydrogen-bond donors (Lipinski definition) is 3. The standard InChI is InChI=1S/C18H25N3O2.C7H6O2.CH4/c1-20-14-4-12-3-13(12)21(14)16(22)15(19)17-5-10-2-11(6-17)8-18(23,7-10)9-17;8-7(9)6-4-2-1-3-5-6;/h10-15,23H,2-9,19H2;1-5H,(H,8,9);1H4/t10?,11?,12-,13-,14-,15+,17?,18?;;/m0../s1. The number of carbonyl (C=O) groups excluding carboxylic acids is 1. The quantitative estimate of drug-likeness (QED) is 0.607. The van der Waals surface area contributed by atoms with Crippen molar-refractivity contribution in [1.29, 1.82) is 0 Å². The SMILES string of the molecule is C.O=C(O)c1ccccc1.[C-]#[N+][C@@H]1C[C@@H]2C[C@@H]2N1C(=O)[C@@H](N)C12CC3CC(CC(O)(C3)C1)C2. The molecule has 7 heteroatoms. The summed E-state index contributed by atoms with van der Waals surface area (Å²) in [6, 6.07) is 8.03. The Morgan fingerprint density at radius 2 is 1.73 bits per heavy atom. The molecule has 1 amide bonds. The fraction of sp³-hybridized carbons (Fsp3) is 0.654. The molecule has 1 saturated heterocycles. The molecule has 1 aromatic carbocycles. The first-order valence-electron chi connectivity index (χ1n) is 11.7. The molecule has 6 atom stereocenters. The lowest BCUT2D eigenvalue weighted by atomic mass is 9.46. The minimum atomic E-state index is -0.879. The third-order valence-corrected chi connectivity index (χ3v) is 8.50. The normalized spacial score (nSPS) is 39.9. The maximum Gasteiger partial charge on any atom is 0.335 e. The summed E-state index contributed by atoms with van der Waals surface area (Å²) in [5, 5.41) is 19.3. The van der Waals surface area contributed by atoms with Crippen LogP contribution in [0.2, 0.25) is 0 Å². The van der Waals surface area contributed by atoms with Crippen LogP contribution in [-0.4, -0.2) is 50.8 Å². The number of fused-ring (bicyclic) bond motifs is 1. The molecule has 7 nitrogen and oxygen atoms in total. The van der Waals surface area contributed by atoms with Gasteiger partial charge in [-0.2, -0.15) is 0 Å². The van der Waals surface area contributed by atoms with Gasteiger partial charge in [0.1, 0.15) is 0 Å². The highest BCUT2D eigenvalue weighted by Crippen LogP contribution is 2.63. The van der Waals surface area contributed by atoms with E-state index in [4.69, 9.17) is 17.4 Å². The number of likely N-dealkylation sites (tertiary alicyclic amines) is 1. The summed E-state index contributed by atoms with van der Waals surface area (Å²) in [5.41, 5.74) is 6.06. The lowest BCUT2D eigenvalue weighted by molar-refractivity contribution is -0.177. The first-order chi connectivity index (χ1) is 15.2. The molecule has 5 aliphatic carbocycles. The average Bonchev–Trinajstić information content (AvgIpc) is 3.41. The lowest BCUT2D eigenvalue weighted by Crippen LogP contribution is -2.64. The number of rotatable bonds is 3. The Morgan fingerprint density at radius 1 is 1.09 bits per heavy atom. The molecule has 178 valence electrons. The highest BCUT2D eigenvalue weighted by molar-refractivity contribution is 5.87.